The lowest BCUT2D eigenvalue weighted by Gasteiger charge is -2.03. The molecule has 4 nitrogen and oxygen atoms in total. The maximum atomic E-state index is 11.6. The summed E-state index contributed by atoms with van der Waals surface area (Å²) in [5.74, 6) is 0.0669. The lowest BCUT2D eigenvalue weighted by atomic mass is 10.2. The van der Waals surface area contributed by atoms with Gasteiger partial charge in [-0.25, -0.2) is 4.98 Å². The van der Waals surface area contributed by atoms with Crippen LogP contribution in [0.4, 0.5) is 0 Å². The first-order valence-electron chi connectivity index (χ1n) is 5.89. The second-order valence-electron chi connectivity index (χ2n) is 3.85. The van der Waals surface area contributed by atoms with Gasteiger partial charge < -0.3 is 5.32 Å². The van der Waals surface area contributed by atoms with E-state index in [1.54, 1.807) is 23.7 Å². The van der Waals surface area contributed by atoms with Crippen LogP contribution in [0.25, 0.3) is 0 Å². The molecule has 1 N–H and O–H groups in total. The molecule has 1 amide bonds. The van der Waals surface area contributed by atoms with Crippen molar-refractivity contribution in [3.8, 4) is 0 Å². The molecule has 2 heterocycles. The highest BCUT2D eigenvalue weighted by molar-refractivity contribution is 7.09. The summed E-state index contributed by atoms with van der Waals surface area (Å²) < 4.78 is 0. The van der Waals surface area contributed by atoms with Gasteiger partial charge in [-0.3, -0.25) is 9.78 Å². The Morgan fingerprint density at radius 1 is 1.22 bits per heavy atom. The lowest BCUT2D eigenvalue weighted by Crippen LogP contribution is -2.25. The van der Waals surface area contributed by atoms with Crippen LogP contribution in [-0.2, 0) is 17.6 Å². The molecule has 0 aliphatic heterocycles. The molecule has 5 heteroatoms. The number of carbonyl (C=O) groups excluding carboxylic acids is 1. The molecule has 0 spiro atoms. The molecule has 0 fully saturated rings. The van der Waals surface area contributed by atoms with Gasteiger partial charge >= 0.3 is 0 Å². The number of pyridine rings is 1. The zero-order chi connectivity index (χ0) is 12.6. The van der Waals surface area contributed by atoms with Gasteiger partial charge in [-0.2, -0.15) is 0 Å². The maximum Gasteiger partial charge on any atom is 0.220 e. The molecule has 0 saturated carbocycles. The molecule has 94 valence electrons. The molecule has 0 unspecified atom stereocenters. The number of hydrogen-bond donors (Lipinski definition) is 1. The van der Waals surface area contributed by atoms with Crippen LogP contribution >= 0.6 is 11.3 Å². The van der Waals surface area contributed by atoms with E-state index >= 15 is 0 Å². The molecule has 2 rings (SSSR count). The van der Waals surface area contributed by atoms with Crippen LogP contribution in [0.5, 0.6) is 0 Å². The summed E-state index contributed by atoms with van der Waals surface area (Å²) in [5.41, 5.74) is 0.951. The summed E-state index contributed by atoms with van der Waals surface area (Å²) in [4.78, 5) is 19.9. The fourth-order valence-corrected chi connectivity index (χ4v) is 2.18. The summed E-state index contributed by atoms with van der Waals surface area (Å²) in [6, 6.07) is 5.74. The minimum Gasteiger partial charge on any atom is -0.356 e. The predicted octanol–water partition coefficient (Wildman–Crippen LogP) is 1.83. The van der Waals surface area contributed by atoms with Crippen LogP contribution in [-0.4, -0.2) is 22.4 Å². The highest BCUT2D eigenvalue weighted by Crippen LogP contribution is 2.03. The van der Waals surface area contributed by atoms with Crippen molar-refractivity contribution in [2.45, 2.75) is 19.3 Å². The third-order valence-electron chi connectivity index (χ3n) is 2.48. The second kappa shape index (κ2) is 6.86. The van der Waals surface area contributed by atoms with Crippen molar-refractivity contribution in [1.82, 2.24) is 15.3 Å². The van der Waals surface area contributed by atoms with Crippen molar-refractivity contribution in [2.24, 2.45) is 0 Å². The number of rotatable bonds is 6. The van der Waals surface area contributed by atoms with Gasteiger partial charge in [-0.05, 0) is 18.6 Å². The Morgan fingerprint density at radius 2 is 2.17 bits per heavy atom. The molecule has 0 aliphatic carbocycles. The standard InChI is InChI=1S/C13H15N3OS/c17-12(5-4-11-3-1-2-7-14-11)15-8-6-13-16-9-10-18-13/h1-3,7,9-10H,4-6,8H2,(H,15,17). The fraction of sp³-hybridized carbons (Fsp3) is 0.308. The van der Waals surface area contributed by atoms with Gasteiger partial charge in [-0.15, -0.1) is 11.3 Å². The van der Waals surface area contributed by atoms with E-state index in [1.165, 1.54) is 0 Å². The van der Waals surface area contributed by atoms with E-state index in [9.17, 15) is 4.79 Å². The monoisotopic (exact) mass is 261 g/mol. The molecule has 0 aliphatic rings. The lowest BCUT2D eigenvalue weighted by molar-refractivity contribution is -0.121. The molecule has 2 aromatic heterocycles. The van der Waals surface area contributed by atoms with Crippen LogP contribution in [0.1, 0.15) is 17.1 Å². The van der Waals surface area contributed by atoms with E-state index in [0.29, 0.717) is 19.4 Å². The van der Waals surface area contributed by atoms with E-state index in [4.69, 9.17) is 0 Å². The molecule has 0 bridgehead atoms. The maximum absolute atomic E-state index is 11.6. The van der Waals surface area contributed by atoms with Crippen LogP contribution in [0.15, 0.2) is 36.0 Å². The van der Waals surface area contributed by atoms with Gasteiger partial charge in [0.2, 0.25) is 5.91 Å². The Hall–Kier alpha value is -1.75. The number of aromatic nitrogens is 2. The largest absolute Gasteiger partial charge is 0.356 e. The van der Waals surface area contributed by atoms with Gasteiger partial charge in [-0.1, -0.05) is 6.07 Å². The summed E-state index contributed by atoms with van der Waals surface area (Å²) in [6.45, 7) is 0.647. The summed E-state index contributed by atoms with van der Waals surface area (Å²) in [5, 5.41) is 5.89. The predicted molar refractivity (Wildman–Crippen MR) is 71.4 cm³/mol. The van der Waals surface area contributed by atoms with E-state index in [1.807, 2.05) is 23.6 Å². The molecule has 0 aromatic carbocycles. The number of thiazole rings is 1. The third kappa shape index (κ3) is 4.25. The highest BCUT2D eigenvalue weighted by atomic mass is 32.1. The van der Waals surface area contributed by atoms with E-state index in [-0.39, 0.29) is 5.91 Å². The first-order chi connectivity index (χ1) is 8.84. The smallest absolute Gasteiger partial charge is 0.220 e. The van der Waals surface area contributed by atoms with Crippen molar-refractivity contribution in [2.75, 3.05) is 6.54 Å². The van der Waals surface area contributed by atoms with Crippen molar-refractivity contribution in [3.05, 3.63) is 46.7 Å². The number of amides is 1. The number of hydrogen-bond acceptors (Lipinski definition) is 4. The first kappa shape index (κ1) is 12.7. The molecule has 2 aromatic rings. The summed E-state index contributed by atoms with van der Waals surface area (Å²) in [6.07, 6.45) is 5.49. The minimum absolute atomic E-state index is 0.0669. The van der Waals surface area contributed by atoms with Gasteiger partial charge in [0.25, 0.3) is 0 Å². The van der Waals surface area contributed by atoms with Crippen LogP contribution in [0.2, 0.25) is 0 Å². The van der Waals surface area contributed by atoms with Gasteiger partial charge in [0.05, 0.1) is 5.01 Å². The number of nitrogens with zero attached hydrogens (tertiary/aromatic N) is 2. The van der Waals surface area contributed by atoms with E-state index in [2.05, 4.69) is 15.3 Å². The minimum atomic E-state index is 0.0669. The van der Waals surface area contributed by atoms with Crippen LogP contribution in [0, 0.1) is 0 Å². The van der Waals surface area contributed by atoms with Crippen LogP contribution < -0.4 is 5.32 Å². The highest BCUT2D eigenvalue weighted by Gasteiger charge is 2.03. The number of carbonyl (C=O) groups is 1. The normalized spacial score (nSPS) is 10.2. The van der Waals surface area contributed by atoms with Crippen molar-refractivity contribution in [3.63, 3.8) is 0 Å². The molecular weight excluding hydrogens is 246 g/mol. The van der Waals surface area contributed by atoms with Gasteiger partial charge in [0, 0.05) is 42.9 Å². The third-order valence-corrected chi connectivity index (χ3v) is 3.32. The molecule has 18 heavy (non-hydrogen) atoms. The van der Waals surface area contributed by atoms with Crippen LogP contribution in [0.3, 0.4) is 0 Å². The van der Waals surface area contributed by atoms with E-state index in [0.717, 1.165) is 17.1 Å². The fourth-order valence-electron chi connectivity index (χ4n) is 1.56. The van der Waals surface area contributed by atoms with Crippen molar-refractivity contribution >= 4 is 17.2 Å². The van der Waals surface area contributed by atoms with Gasteiger partial charge in [0.1, 0.15) is 0 Å². The summed E-state index contributed by atoms with van der Waals surface area (Å²) >= 11 is 1.61. The van der Waals surface area contributed by atoms with E-state index < -0.39 is 0 Å². The quantitative estimate of drug-likeness (QED) is 0.863. The molecule has 0 atom stereocenters. The summed E-state index contributed by atoms with van der Waals surface area (Å²) in [7, 11) is 0. The Labute approximate surface area is 110 Å². The Balaban J connectivity index is 1.63. The second-order valence-corrected chi connectivity index (χ2v) is 4.83. The van der Waals surface area contributed by atoms with Crippen molar-refractivity contribution in [1.29, 1.82) is 0 Å². The average Bonchev–Trinajstić information content (AvgIpc) is 2.91. The molecule has 0 radical (unpaired) electrons. The van der Waals surface area contributed by atoms with Crippen molar-refractivity contribution < 1.29 is 4.79 Å². The first-order valence-corrected chi connectivity index (χ1v) is 6.77. The SMILES string of the molecule is O=C(CCc1ccccn1)NCCc1nccs1. The number of nitrogens with one attached hydrogen (secondary N) is 1. The molecule has 0 saturated heterocycles. The zero-order valence-electron chi connectivity index (χ0n) is 10.0. The number of aryl methyl sites for hydroxylation is 1. The zero-order valence-corrected chi connectivity index (χ0v) is 10.8. The Morgan fingerprint density at radius 3 is 2.89 bits per heavy atom. The van der Waals surface area contributed by atoms with Gasteiger partial charge in [0.15, 0.2) is 0 Å². The Bertz CT molecular complexity index is 470. The Kier molecular flexibility index (Phi) is 4.84. The average molecular weight is 261 g/mol. The molecular formula is C13H15N3OS. The topological polar surface area (TPSA) is 54.9 Å².